The van der Waals surface area contributed by atoms with Gasteiger partial charge in [-0.1, -0.05) is 11.6 Å². The molecule has 2 bridgehead atoms. The average molecular weight is 617 g/mol. The number of primary amides is 1. The van der Waals surface area contributed by atoms with Gasteiger partial charge in [0.25, 0.3) is 5.91 Å². The molecule has 0 heterocycles. The van der Waals surface area contributed by atoms with Crippen LogP contribution in [0.5, 0.6) is 0 Å². The van der Waals surface area contributed by atoms with Crippen molar-refractivity contribution in [2.24, 2.45) is 23.3 Å². The number of benzene rings is 2. The number of nitrogens with one attached hydrogen (secondary N) is 2. The molecule has 7 N–H and O–H groups in total. The Morgan fingerprint density at radius 1 is 1.07 bits per heavy atom. The molecule has 2 aliphatic rings. The van der Waals surface area contributed by atoms with Gasteiger partial charge in [0, 0.05) is 29.9 Å². The maximum absolute atomic E-state index is 13.7. The molecule has 3 amide bonds. The first-order valence-electron chi connectivity index (χ1n) is 12.7. The minimum atomic E-state index is -4.13. The fourth-order valence-corrected chi connectivity index (χ4v) is 8.10. The quantitative estimate of drug-likeness (QED) is 0.267. The molecule has 2 aromatic rings. The Morgan fingerprint density at radius 3 is 2.22 bits per heavy atom. The molecule has 10 nitrogen and oxygen atoms in total. The lowest BCUT2D eigenvalue weighted by molar-refractivity contribution is -0.128. The Morgan fingerprint density at radius 2 is 1.66 bits per heavy atom. The molecule has 2 fully saturated rings. The lowest BCUT2D eigenvalue weighted by atomic mass is 9.74. The Bertz CT molecular complexity index is 1470. The van der Waals surface area contributed by atoms with Gasteiger partial charge >= 0.3 is 0 Å². The lowest BCUT2D eigenvalue weighted by Crippen LogP contribution is -2.56. The van der Waals surface area contributed by atoms with Gasteiger partial charge in [-0.25, -0.2) is 21.6 Å². The van der Waals surface area contributed by atoms with E-state index in [1.54, 1.807) is 0 Å². The van der Waals surface area contributed by atoms with Gasteiger partial charge < -0.3 is 27.2 Å². The number of hydrogen-bond donors (Lipinski definition) is 5. The van der Waals surface area contributed by atoms with Crippen LogP contribution in [0.3, 0.4) is 0 Å². The molecule has 0 saturated heterocycles. The standard InChI is InChI=1S/C26H28ClF3N4O6S/c27-17-4-1-12(24(36)34-15-8-18(28)23(30)19(29)9-15)5-21(17)41(39,40)16-6-13-2-3-14(7-16)26(13,38)11-33-25(37)20(31)10-22(32)35/h1,4-5,8-9,13-14,16,20,38H,2-3,6-7,10-11,31H2,(H2,32,35)(H,33,37)(H,34,36)/t13?,14?,16-,20-,26-/m0/s1. The molecule has 0 aromatic heterocycles. The number of halogens is 4. The van der Waals surface area contributed by atoms with Crippen LogP contribution in [0, 0.1) is 29.3 Å². The van der Waals surface area contributed by atoms with Crippen molar-refractivity contribution in [1.82, 2.24) is 5.32 Å². The number of amides is 3. The highest BCUT2D eigenvalue weighted by Gasteiger charge is 2.55. The van der Waals surface area contributed by atoms with Crippen LogP contribution in [0.4, 0.5) is 18.9 Å². The summed E-state index contributed by atoms with van der Waals surface area (Å²) in [5.74, 6) is -8.03. The van der Waals surface area contributed by atoms with Crippen molar-refractivity contribution in [2.45, 2.75) is 53.9 Å². The van der Waals surface area contributed by atoms with E-state index in [0.717, 1.165) is 6.07 Å². The molecular formula is C26H28ClF3N4O6S. The first-order valence-corrected chi connectivity index (χ1v) is 14.6. The lowest BCUT2D eigenvalue weighted by Gasteiger charge is -2.42. The number of hydrogen-bond acceptors (Lipinski definition) is 7. The first-order chi connectivity index (χ1) is 19.1. The van der Waals surface area contributed by atoms with Gasteiger partial charge in [-0.3, -0.25) is 14.4 Å². The third-order valence-electron chi connectivity index (χ3n) is 7.86. The molecule has 15 heteroatoms. The number of nitrogens with two attached hydrogens (primary N) is 2. The van der Waals surface area contributed by atoms with Gasteiger partial charge in [0.1, 0.15) is 0 Å². The monoisotopic (exact) mass is 616 g/mol. The number of carbonyl (C=O) groups excluding carboxylic acids is 3. The highest BCUT2D eigenvalue weighted by atomic mass is 35.5. The molecule has 41 heavy (non-hydrogen) atoms. The van der Waals surface area contributed by atoms with Crippen LogP contribution in [0.1, 0.15) is 42.5 Å². The van der Waals surface area contributed by atoms with E-state index in [9.17, 15) is 41.1 Å². The van der Waals surface area contributed by atoms with Crippen molar-refractivity contribution in [2.75, 3.05) is 11.9 Å². The Balaban J connectivity index is 1.50. The predicted molar refractivity (Wildman–Crippen MR) is 142 cm³/mol. The fourth-order valence-electron chi connectivity index (χ4n) is 5.69. The van der Waals surface area contributed by atoms with Gasteiger partial charge in [-0.15, -0.1) is 0 Å². The van der Waals surface area contributed by atoms with Crippen LogP contribution in [0.2, 0.25) is 5.02 Å². The van der Waals surface area contributed by atoms with Crippen molar-refractivity contribution >= 4 is 44.8 Å². The zero-order chi connectivity index (χ0) is 30.3. The van der Waals surface area contributed by atoms with Gasteiger partial charge in [0.15, 0.2) is 27.3 Å². The molecule has 222 valence electrons. The van der Waals surface area contributed by atoms with Crippen molar-refractivity contribution in [3.63, 3.8) is 0 Å². The minimum Gasteiger partial charge on any atom is -0.387 e. The van der Waals surface area contributed by atoms with Crippen LogP contribution in [-0.4, -0.2) is 54.7 Å². The fraction of sp³-hybridized carbons (Fsp3) is 0.423. The van der Waals surface area contributed by atoms with Crippen molar-refractivity contribution in [3.8, 4) is 0 Å². The highest BCUT2D eigenvalue weighted by Crippen LogP contribution is 2.52. The van der Waals surface area contributed by atoms with E-state index in [-0.39, 0.29) is 47.0 Å². The van der Waals surface area contributed by atoms with E-state index in [2.05, 4.69) is 10.6 Å². The number of carbonyl (C=O) groups is 3. The summed E-state index contributed by atoms with van der Waals surface area (Å²) in [6.45, 7) is -0.179. The maximum atomic E-state index is 13.7. The Hall–Kier alpha value is -3.20. The van der Waals surface area contributed by atoms with E-state index in [4.69, 9.17) is 23.1 Å². The van der Waals surface area contributed by atoms with E-state index in [0.29, 0.717) is 25.0 Å². The summed E-state index contributed by atoms with van der Waals surface area (Å²) in [5.41, 5.74) is 8.77. The molecule has 2 aromatic carbocycles. The second-order valence-electron chi connectivity index (χ2n) is 10.4. The van der Waals surface area contributed by atoms with Gasteiger partial charge in [0.05, 0.1) is 33.2 Å². The van der Waals surface area contributed by atoms with Gasteiger partial charge in [-0.2, -0.15) is 0 Å². The van der Waals surface area contributed by atoms with Crippen LogP contribution in [0.25, 0.3) is 0 Å². The van der Waals surface area contributed by atoms with Gasteiger partial charge in [-0.05, 0) is 55.7 Å². The molecule has 2 aliphatic carbocycles. The second-order valence-corrected chi connectivity index (χ2v) is 13.1. The zero-order valence-corrected chi connectivity index (χ0v) is 23.1. The summed E-state index contributed by atoms with van der Waals surface area (Å²) in [7, 11) is -4.13. The summed E-state index contributed by atoms with van der Waals surface area (Å²) in [6.07, 6.45) is 0.764. The third-order valence-corrected chi connectivity index (χ3v) is 10.5. The summed E-state index contributed by atoms with van der Waals surface area (Å²) >= 11 is 6.23. The summed E-state index contributed by atoms with van der Waals surface area (Å²) in [6, 6.07) is 3.45. The molecule has 0 aliphatic heterocycles. The van der Waals surface area contributed by atoms with Crippen LogP contribution in [-0.2, 0) is 19.4 Å². The highest BCUT2D eigenvalue weighted by molar-refractivity contribution is 7.92. The number of aliphatic hydroxyl groups is 1. The zero-order valence-electron chi connectivity index (χ0n) is 21.5. The van der Waals surface area contributed by atoms with Crippen LogP contribution >= 0.6 is 11.6 Å². The summed E-state index contributed by atoms with van der Waals surface area (Å²) < 4.78 is 67.7. The predicted octanol–water partition coefficient (Wildman–Crippen LogP) is 2.02. The van der Waals surface area contributed by atoms with Crippen molar-refractivity contribution in [3.05, 3.63) is 58.4 Å². The molecule has 0 radical (unpaired) electrons. The molecule has 0 spiro atoms. The SMILES string of the molecule is NC(=O)C[C@H](N)C(=O)NC[C@]1(O)C2CCC1C[C@@H](S(=O)(=O)c1cc(C(=O)Nc3cc(F)c(F)c(F)c3)ccc1Cl)C2. The molecular weight excluding hydrogens is 589 g/mol. The number of rotatable bonds is 9. The van der Waals surface area contributed by atoms with Crippen LogP contribution < -0.4 is 22.1 Å². The van der Waals surface area contributed by atoms with Crippen molar-refractivity contribution < 1.29 is 41.1 Å². The second kappa shape index (κ2) is 11.6. The van der Waals surface area contributed by atoms with Crippen LogP contribution in [0.15, 0.2) is 35.2 Å². The Kier molecular flexibility index (Phi) is 8.69. The third kappa shape index (κ3) is 6.20. The van der Waals surface area contributed by atoms with E-state index in [1.807, 2.05) is 0 Å². The summed E-state index contributed by atoms with van der Waals surface area (Å²) in [5, 5.41) is 15.0. The summed E-state index contributed by atoms with van der Waals surface area (Å²) in [4.78, 5) is 35.7. The Labute approximate surface area is 238 Å². The topological polar surface area (TPSA) is 182 Å². The minimum absolute atomic E-state index is 0.0550. The van der Waals surface area contributed by atoms with E-state index < -0.39 is 73.7 Å². The largest absolute Gasteiger partial charge is 0.387 e. The van der Waals surface area contributed by atoms with Crippen molar-refractivity contribution in [1.29, 1.82) is 0 Å². The normalized spacial score (nSPS) is 24.5. The number of fused-ring (bicyclic) bond motifs is 2. The molecule has 4 rings (SSSR count). The van der Waals surface area contributed by atoms with Gasteiger partial charge in [0.2, 0.25) is 11.8 Å². The number of anilines is 1. The molecule has 2 unspecified atom stereocenters. The smallest absolute Gasteiger partial charge is 0.255 e. The average Bonchev–Trinajstić information content (AvgIpc) is 3.05. The molecule has 3 atom stereocenters. The van der Waals surface area contributed by atoms with E-state index >= 15 is 0 Å². The number of sulfone groups is 1. The maximum Gasteiger partial charge on any atom is 0.255 e. The molecule has 2 saturated carbocycles. The first kappa shape index (κ1) is 30.8. The van der Waals surface area contributed by atoms with E-state index in [1.165, 1.54) is 12.1 Å².